The number of hydrogen-bond acceptors (Lipinski definition) is 3. The van der Waals surface area contributed by atoms with E-state index in [-0.39, 0.29) is 0 Å². The molecule has 0 radical (unpaired) electrons. The molecule has 1 aromatic heterocycles. The number of fused-ring (bicyclic) bond motifs is 2. The quantitative estimate of drug-likeness (QED) is 0.795. The van der Waals surface area contributed by atoms with E-state index in [0.29, 0.717) is 24.0 Å². The van der Waals surface area contributed by atoms with Crippen LogP contribution in [0.5, 0.6) is 0 Å². The van der Waals surface area contributed by atoms with Gasteiger partial charge in [-0.05, 0) is 64.7 Å². The lowest BCUT2D eigenvalue weighted by atomic mass is 9.84. The first-order chi connectivity index (χ1) is 11.1. The second-order valence-corrected chi connectivity index (χ2v) is 7.53. The number of nitrogens with zero attached hydrogens (tertiary/aromatic N) is 3. The molecule has 1 aromatic rings. The highest BCUT2D eigenvalue weighted by atomic mass is 16.5. The second kappa shape index (κ2) is 5.84. The van der Waals surface area contributed by atoms with Gasteiger partial charge in [0.2, 0.25) is 0 Å². The van der Waals surface area contributed by atoms with E-state index in [4.69, 9.17) is 4.52 Å². The number of amides is 2. The first-order valence-electron chi connectivity index (χ1n) is 9.15. The van der Waals surface area contributed by atoms with Crippen LogP contribution in [0.2, 0.25) is 0 Å². The third kappa shape index (κ3) is 2.54. The summed E-state index contributed by atoms with van der Waals surface area (Å²) in [6.07, 6.45) is 8.05. The summed E-state index contributed by atoms with van der Waals surface area (Å²) in [5.74, 6) is 1.46. The molecule has 3 aliphatic rings. The first kappa shape index (κ1) is 15.0. The molecule has 2 atom stereocenters. The van der Waals surface area contributed by atoms with Gasteiger partial charge in [0.15, 0.2) is 0 Å². The Bertz CT molecular complexity index is 558. The smallest absolute Gasteiger partial charge is 0.320 e. The molecular formula is C18H27N3O2. The van der Waals surface area contributed by atoms with Crippen molar-refractivity contribution in [3.05, 3.63) is 17.0 Å². The van der Waals surface area contributed by atoms with Gasteiger partial charge in [0.1, 0.15) is 5.76 Å². The zero-order chi connectivity index (χ0) is 16.0. The molecule has 2 unspecified atom stereocenters. The average molecular weight is 317 g/mol. The van der Waals surface area contributed by atoms with Crippen molar-refractivity contribution in [1.29, 1.82) is 0 Å². The van der Waals surface area contributed by atoms with Crippen LogP contribution in [0.4, 0.5) is 4.79 Å². The van der Waals surface area contributed by atoms with Crippen LogP contribution in [-0.2, 0) is 0 Å². The monoisotopic (exact) mass is 317 g/mol. The number of aromatic nitrogens is 1. The third-order valence-electron chi connectivity index (χ3n) is 6.08. The molecule has 3 fully saturated rings. The normalized spacial score (nSPS) is 30.8. The third-order valence-corrected chi connectivity index (χ3v) is 6.08. The van der Waals surface area contributed by atoms with E-state index in [1.54, 1.807) is 0 Å². The Hall–Kier alpha value is -1.52. The highest BCUT2D eigenvalue weighted by Crippen LogP contribution is 2.45. The highest BCUT2D eigenvalue weighted by Gasteiger charge is 2.45. The number of urea groups is 1. The molecule has 4 rings (SSSR count). The summed E-state index contributed by atoms with van der Waals surface area (Å²) in [4.78, 5) is 17.3. The van der Waals surface area contributed by atoms with E-state index in [2.05, 4.69) is 15.0 Å². The SMILES string of the molecule is Cc1noc(C)c1C1CC2CCC(C1)N2C(=O)N1CCCCC1. The maximum absolute atomic E-state index is 13.0. The van der Waals surface area contributed by atoms with Crippen LogP contribution in [0.15, 0.2) is 4.52 Å². The Balaban J connectivity index is 1.51. The van der Waals surface area contributed by atoms with Gasteiger partial charge >= 0.3 is 6.03 Å². The van der Waals surface area contributed by atoms with Crippen molar-refractivity contribution >= 4 is 6.03 Å². The fraction of sp³-hybridized carbons (Fsp3) is 0.778. The number of carbonyl (C=O) groups excluding carboxylic acids is 1. The zero-order valence-electron chi connectivity index (χ0n) is 14.3. The molecule has 0 spiro atoms. The van der Waals surface area contributed by atoms with Crippen LogP contribution in [0.1, 0.15) is 67.9 Å². The molecule has 5 nitrogen and oxygen atoms in total. The van der Waals surface area contributed by atoms with Crippen LogP contribution in [-0.4, -0.2) is 46.2 Å². The molecule has 0 aliphatic carbocycles. The topological polar surface area (TPSA) is 49.6 Å². The molecule has 23 heavy (non-hydrogen) atoms. The predicted molar refractivity (Wildman–Crippen MR) is 87.4 cm³/mol. The summed E-state index contributed by atoms with van der Waals surface area (Å²) in [6, 6.07) is 1.11. The van der Waals surface area contributed by atoms with Crippen LogP contribution >= 0.6 is 0 Å². The fourth-order valence-corrected chi connectivity index (χ4v) is 5.05. The first-order valence-corrected chi connectivity index (χ1v) is 9.15. The summed E-state index contributed by atoms with van der Waals surface area (Å²) >= 11 is 0. The maximum atomic E-state index is 13.0. The molecule has 4 heterocycles. The maximum Gasteiger partial charge on any atom is 0.320 e. The van der Waals surface area contributed by atoms with Gasteiger partial charge in [-0.3, -0.25) is 0 Å². The summed E-state index contributed by atoms with van der Waals surface area (Å²) < 4.78 is 5.37. The number of aryl methyl sites for hydroxylation is 2. The lowest BCUT2D eigenvalue weighted by Crippen LogP contribution is -2.53. The minimum absolute atomic E-state index is 0.300. The molecule has 2 bridgehead atoms. The van der Waals surface area contributed by atoms with Crippen molar-refractivity contribution in [2.75, 3.05) is 13.1 Å². The summed E-state index contributed by atoms with van der Waals surface area (Å²) in [5.41, 5.74) is 2.33. The van der Waals surface area contributed by atoms with E-state index >= 15 is 0 Å². The Morgan fingerprint density at radius 2 is 1.74 bits per heavy atom. The van der Waals surface area contributed by atoms with E-state index in [1.165, 1.54) is 12.0 Å². The molecule has 3 saturated heterocycles. The van der Waals surface area contributed by atoms with Crippen molar-refractivity contribution in [3.63, 3.8) is 0 Å². The molecule has 5 heteroatoms. The molecule has 2 amide bonds. The zero-order valence-corrected chi connectivity index (χ0v) is 14.3. The van der Waals surface area contributed by atoms with Crippen LogP contribution in [0.25, 0.3) is 0 Å². The molecule has 0 aromatic carbocycles. The standard InChI is InChI=1S/C18H27N3O2/c1-12-17(13(2)23-19-12)14-10-15-6-7-16(11-14)21(15)18(22)20-8-4-3-5-9-20/h14-16H,3-11H2,1-2H3. The van der Waals surface area contributed by atoms with Crippen molar-refractivity contribution in [1.82, 2.24) is 15.0 Å². The van der Waals surface area contributed by atoms with Gasteiger partial charge < -0.3 is 14.3 Å². The molecule has 126 valence electrons. The minimum atomic E-state index is 0.300. The van der Waals surface area contributed by atoms with Gasteiger partial charge in [-0.25, -0.2) is 4.79 Å². The minimum Gasteiger partial charge on any atom is -0.361 e. The summed E-state index contributed by atoms with van der Waals surface area (Å²) in [6.45, 7) is 5.95. The average Bonchev–Trinajstić information content (AvgIpc) is 3.03. The largest absolute Gasteiger partial charge is 0.361 e. The van der Waals surface area contributed by atoms with Crippen molar-refractivity contribution < 1.29 is 9.32 Å². The van der Waals surface area contributed by atoms with E-state index < -0.39 is 0 Å². The molecule has 0 N–H and O–H groups in total. The Morgan fingerprint density at radius 3 is 2.30 bits per heavy atom. The Labute approximate surface area is 138 Å². The van der Waals surface area contributed by atoms with Gasteiger partial charge in [-0.1, -0.05) is 5.16 Å². The van der Waals surface area contributed by atoms with Gasteiger partial charge in [0.05, 0.1) is 5.69 Å². The van der Waals surface area contributed by atoms with E-state index in [0.717, 1.165) is 63.1 Å². The molecule has 0 saturated carbocycles. The number of piperidine rings is 2. The van der Waals surface area contributed by atoms with Crippen LogP contribution in [0, 0.1) is 13.8 Å². The van der Waals surface area contributed by atoms with Gasteiger partial charge in [-0.15, -0.1) is 0 Å². The van der Waals surface area contributed by atoms with Crippen LogP contribution in [0.3, 0.4) is 0 Å². The lowest BCUT2D eigenvalue weighted by molar-refractivity contribution is 0.0989. The van der Waals surface area contributed by atoms with Gasteiger partial charge in [0, 0.05) is 30.7 Å². The Kier molecular flexibility index (Phi) is 3.82. The molecule has 3 aliphatic heterocycles. The van der Waals surface area contributed by atoms with Crippen molar-refractivity contribution in [3.8, 4) is 0 Å². The number of carbonyl (C=O) groups is 1. The van der Waals surface area contributed by atoms with E-state index in [1.807, 2.05) is 13.8 Å². The highest BCUT2D eigenvalue weighted by molar-refractivity contribution is 5.76. The number of rotatable bonds is 1. The summed E-state index contributed by atoms with van der Waals surface area (Å²) in [5, 5.41) is 4.13. The number of likely N-dealkylation sites (tertiary alicyclic amines) is 1. The van der Waals surface area contributed by atoms with Crippen molar-refractivity contribution in [2.45, 2.75) is 76.8 Å². The van der Waals surface area contributed by atoms with Crippen molar-refractivity contribution in [2.24, 2.45) is 0 Å². The lowest BCUT2D eigenvalue weighted by Gasteiger charge is -2.42. The second-order valence-electron chi connectivity index (χ2n) is 7.53. The van der Waals surface area contributed by atoms with Gasteiger partial charge in [0.25, 0.3) is 0 Å². The summed E-state index contributed by atoms with van der Waals surface area (Å²) in [7, 11) is 0. The Morgan fingerprint density at radius 1 is 1.09 bits per heavy atom. The van der Waals surface area contributed by atoms with Gasteiger partial charge in [-0.2, -0.15) is 0 Å². The van der Waals surface area contributed by atoms with E-state index in [9.17, 15) is 4.79 Å². The fourth-order valence-electron chi connectivity index (χ4n) is 5.05. The predicted octanol–water partition coefficient (Wildman–Crippen LogP) is 3.61. The van der Waals surface area contributed by atoms with Crippen LogP contribution < -0.4 is 0 Å². The molecular weight excluding hydrogens is 290 g/mol. The number of hydrogen-bond donors (Lipinski definition) is 0.